The van der Waals surface area contributed by atoms with E-state index in [0.29, 0.717) is 6.61 Å². The van der Waals surface area contributed by atoms with Crippen molar-refractivity contribution >= 4 is 17.5 Å². The highest BCUT2D eigenvalue weighted by molar-refractivity contribution is 5.84. The zero-order valence-electron chi connectivity index (χ0n) is 13.3. The van der Waals surface area contributed by atoms with Gasteiger partial charge in [-0.3, -0.25) is 5.32 Å². The second-order valence-electron chi connectivity index (χ2n) is 5.12. The summed E-state index contributed by atoms with van der Waals surface area (Å²) in [6.07, 6.45) is 7.41. The molecule has 0 aliphatic carbocycles. The average Bonchev–Trinajstić information content (AvgIpc) is 2.48. The highest BCUT2D eigenvalue weighted by Gasteiger charge is 2.01. The molecular weight excluding hydrogens is 264 g/mol. The molecule has 2 N–H and O–H groups in total. The van der Waals surface area contributed by atoms with Crippen LogP contribution in [0.4, 0.5) is 16.2 Å². The van der Waals surface area contributed by atoms with Crippen molar-refractivity contribution in [3.05, 3.63) is 24.3 Å². The summed E-state index contributed by atoms with van der Waals surface area (Å²) in [5, 5.41) is 6.07. The number of ether oxygens (including phenoxy) is 1. The Hall–Kier alpha value is -1.71. The molecule has 4 heteroatoms. The molecule has 0 aliphatic rings. The monoisotopic (exact) mass is 292 g/mol. The molecule has 0 bridgehead atoms. The third-order valence-electron chi connectivity index (χ3n) is 3.27. The maximum absolute atomic E-state index is 11.3. The lowest BCUT2D eigenvalue weighted by atomic mass is 10.1. The molecule has 0 unspecified atom stereocenters. The zero-order valence-corrected chi connectivity index (χ0v) is 13.3. The molecule has 0 aliphatic heterocycles. The Labute approximate surface area is 128 Å². The van der Waals surface area contributed by atoms with Crippen LogP contribution < -0.4 is 10.6 Å². The van der Waals surface area contributed by atoms with E-state index in [4.69, 9.17) is 4.74 Å². The van der Waals surface area contributed by atoms with Crippen LogP contribution in [0.1, 0.15) is 52.4 Å². The largest absolute Gasteiger partial charge is 0.450 e. The van der Waals surface area contributed by atoms with Gasteiger partial charge in [0.25, 0.3) is 0 Å². The summed E-state index contributed by atoms with van der Waals surface area (Å²) in [6.45, 7) is 5.40. The van der Waals surface area contributed by atoms with Gasteiger partial charge in [-0.1, -0.05) is 39.0 Å². The lowest BCUT2D eigenvalue weighted by Gasteiger charge is -2.08. The summed E-state index contributed by atoms with van der Waals surface area (Å²) in [6, 6.07) is 7.69. The highest BCUT2D eigenvalue weighted by Crippen LogP contribution is 2.14. The number of amides is 1. The van der Waals surface area contributed by atoms with Gasteiger partial charge in [0.1, 0.15) is 0 Å². The average molecular weight is 292 g/mol. The van der Waals surface area contributed by atoms with E-state index < -0.39 is 6.09 Å². The number of hydrogen-bond donors (Lipinski definition) is 2. The van der Waals surface area contributed by atoms with E-state index in [1.807, 2.05) is 24.3 Å². The van der Waals surface area contributed by atoms with Crippen LogP contribution in [-0.2, 0) is 4.74 Å². The van der Waals surface area contributed by atoms with Gasteiger partial charge < -0.3 is 10.1 Å². The molecule has 0 atom stereocenters. The lowest BCUT2D eigenvalue weighted by molar-refractivity contribution is 0.168. The van der Waals surface area contributed by atoms with Gasteiger partial charge in [0.2, 0.25) is 0 Å². The Morgan fingerprint density at radius 2 is 1.57 bits per heavy atom. The molecule has 1 aromatic carbocycles. The number of carbonyl (C=O) groups is 1. The van der Waals surface area contributed by atoms with E-state index in [1.165, 1.54) is 38.5 Å². The molecule has 21 heavy (non-hydrogen) atoms. The van der Waals surface area contributed by atoms with Crippen molar-refractivity contribution in [1.82, 2.24) is 0 Å². The van der Waals surface area contributed by atoms with E-state index in [2.05, 4.69) is 17.6 Å². The molecule has 0 aromatic heterocycles. The predicted molar refractivity (Wildman–Crippen MR) is 89.0 cm³/mol. The minimum atomic E-state index is -0.412. The van der Waals surface area contributed by atoms with Crippen LogP contribution in [0, 0.1) is 0 Å². The first-order valence-electron chi connectivity index (χ1n) is 8.04. The van der Waals surface area contributed by atoms with Gasteiger partial charge in [0.15, 0.2) is 0 Å². The van der Waals surface area contributed by atoms with Crippen LogP contribution in [0.3, 0.4) is 0 Å². The van der Waals surface area contributed by atoms with E-state index in [-0.39, 0.29) is 0 Å². The molecule has 0 saturated carbocycles. The van der Waals surface area contributed by atoms with Gasteiger partial charge in [-0.2, -0.15) is 0 Å². The molecule has 0 saturated heterocycles. The fourth-order valence-corrected chi connectivity index (χ4v) is 2.09. The molecule has 0 radical (unpaired) electrons. The van der Waals surface area contributed by atoms with Gasteiger partial charge in [-0.15, -0.1) is 0 Å². The summed E-state index contributed by atoms with van der Waals surface area (Å²) in [5.74, 6) is 0. The van der Waals surface area contributed by atoms with Crippen molar-refractivity contribution < 1.29 is 9.53 Å². The van der Waals surface area contributed by atoms with Gasteiger partial charge >= 0.3 is 6.09 Å². The third kappa shape index (κ3) is 8.23. The standard InChI is InChI=1S/C17H28N2O2/c1-3-5-6-7-8-9-14-18-15-10-12-16(13-11-15)19-17(20)21-4-2/h10-13,18H,3-9,14H2,1-2H3,(H,19,20). The van der Waals surface area contributed by atoms with E-state index in [0.717, 1.165) is 17.9 Å². The van der Waals surface area contributed by atoms with Crippen molar-refractivity contribution in [2.45, 2.75) is 52.4 Å². The maximum atomic E-state index is 11.3. The molecule has 0 fully saturated rings. The summed E-state index contributed by atoms with van der Waals surface area (Å²) >= 11 is 0. The molecular formula is C17H28N2O2. The summed E-state index contributed by atoms with van der Waals surface area (Å²) < 4.78 is 4.83. The van der Waals surface area contributed by atoms with Crippen molar-refractivity contribution in [3.8, 4) is 0 Å². The van der Waals surface area contributed by atoms with Crippen LogP contribution in [-0.4, -0.2) is 19.2 Å². The minimum absolute atomic E-state index is 0.379. The van der Waals surface area contributed by atoms with Crippen molar-refractivity contribution in [2.75, 3.05) is 23.8 Å². The van der Waals surface area contributed by atoms with Crippen molar-refractivity contribution in [2.24, 2.45) is 0 Å². The number of anilines is 2. The Balaban J connectivity index is 2.17. The molecule has 1 amide bonds. The first kappa shape index (κ1) is 17.3. The highest BCUT2D eigenvalue weighted by atomic mass is 16.5. The maximum Gasteiger partial charge on any atom is 0.411 e. The quantitative estimate of drug-likeness (QED) is 0.595. The van der Waals surface area contributed by atoms with Crippen LogP contribution in [0.15, 0.2) is 24.3 Å². The minimum Gasteiger partial charge on any atom is -0.450 e. The Morgan fingerprint density at radius 1 is 0.952 bits per heavy atom. The number of carbonyl (C=O) groups excluding carboxylic acids is 1. The molecule has 118 valence electrons. The number of nitrogens with one attached hydrogen (secondary N) is 2. The number of benzene rings is 1. The summed E-state index contributed by atoms with van der Waals surface area (Å²) in [5.41, 5.74) is 1.83. The Morgan fingerprint density at radius 3 is 2.24 bits per heavy atom. The normalized spacial score (nSPS) is 10.2. The van der Waals surface area contributed by atoms with Crippen LogP contribution in [0.25, 0.3) is 0 Å². The molecule has 4 nitrogen and oxygen atoms in total. The van der Waals surface area contributed by atoms with Crippen molar-refractivity contribution in [3.63, 3.8) is 0 Å². The fourth-order valence-electron chi connectivity index (χ4n) is 2.09. The first-order valence-corrected chi connectivity index (χ1v) is 8.04. The number of unbranched alkanes of at least 4 members (excludes halogenated alkanes) is 5. The van der Waals surface area contributed by atoms with Crippen LogP contribution in [0.5, 0.6) is 0 Å². The first-order chi connectivity index (χ1) is 10.3. The number of rotatable bonds is 10. The zero-order chi connectivity index (χ0) is 15.3. The van der Waals surface area contributed by atoms with E-state index in [1.54, 1.807) is 6.92 Å². The second-order valence-corrected chi connectivity index (χ2v) is 5.12. The molecule has 0 heterocycles. The third-order valence-corrected chi connectivity index (χ3v) is 3.27. The summed E-state index contributed by atoms with van der Waals surface area (Å²) in [7, 11) is 0. The van der Waals surface area contributed by atoms with Gasteiger partial charge in [0, 0.05) is 17.9 Å². The lowest BCUT2D eigenvalue weighted by Crippen LogP contribution is -2.13. The fraction of sp³-hybridized carbons (Fsp3) is 0.588. The predicted octanol–water partition coefficient (Wildman–Crippen LogP) is 5.03. The van der Waals surface area contributed by atoms with Crippen LogP contribution >= 0.6 is 0 Å². The SMILES string of the molecule is CCCCCCCCNc1ccc(NC(=O)OCC)cc1. The Bertz CT molecular complexity index is 390. The number of hydrogen-bond acceptors (Lipinski definition) is 3. The van der Waals surface area contributed by atoms with Gasteiger partial charge in [0.05, 0.1) is 6.61 Å². The van der Waals surface area contributed by atoms with Gasteiger partial charge in [-0.05, 0) is 37.6 Å². The molecule has 0 spiro atoms. The topological polar surface area (TPSA) is 50.4 Å². The Kier molecular flexibility index (Phi) is 9.09. The van der Waals surface area contributed by atoms with E-state index >= 15 is 0 Å². The van der Waals surface area contributed by atoms with Crippen molar-refractivity contribution in [1.29, 1.82) is 0 Å². The van der Waals surface area contributed by atoms with Gasteiger partial charge in [-0.25, -0.2) is 4.79 Å². The smallest absolute Gasteiger partial charge is 0.411 e. The van der Waals surface area contributed by atoms with Crippen LogP contribution in [0.2, 0.25) is 0 Å². The molecule has 1 aromatic rings. The molecule has 1 rings (SSSR count). The van der Waals surface area contributed by atoms with E-state index in [9.17, 15) is 4.79 Å². The summed E-state index contributed by atoms with van der Waals surface area (Å²) in [4.78, 5) is 11.3. The second kappa shape index (κ2) is 11.0.